The normalized spacial score (nSPS) is 16.3. The van der Waals surface area contributed by atoms with Gasteiger partial charge in [-0.1, -0.05) is 22.7 Å². The van der Waals surface area contributed by atoms with E-state index < -0.39 is 11.7 Å². The molecule has 0 aliphatic carbocycles. The van der Waals surface area contributed by atoms with Crippen LogP contribution >= 0.6 is 22.7 Å². The number of rotatable bonds is 4. The molecule has 2 aromatic rings. The lowest BCUT2D eigenvalue weighted by Gasteiger charge is -2.26. The average molecular weight is 392 g/mol. The van der Waals surface area contributed by atoms with Gasteiger partial charge in [0.05, 0.1) is 33.9 Å². The Labute approximate surface area is 149 Å². The lowest BCUT2D eigenvalue weighted by Crippen LogP contribution is -2.38. The van der Waals surface area contributed by atoms with Crippen molar-refractivity contribution in [2.24, 2.45) is 0 Å². The van der Waals surface area contributed by atoms with Crippen molar-refractivity contribution in [1.29, 1.82) is 0 Å². The standard InChI is InChI=1S/C15H15F3N2O3S2/c16-15(17,18)9-7-10(13-11(8-9)24-14(22)25-13)19-12(21)1-2-20-3-5-23-6-4-20/h7-8H,1-6H2,(H,19,21). The fourth-order valence-electron chi connectivity index (χ4n) is 2.53. The summed E-state index contributed by atoms with van der Waals surface area (Å²) in [4.78, 5) is 25.8. The number of hydrogen-bond acceptors (Lipinski definition) is 6. The summed E-state index contributed by atoms with van der Waals surface area (Å²) in [6, 6.07) is 1.83. The first kappa shape index (κ1) is 18.3. The molecule has 1 saturated heterocycles. The number of hydrogen-bond donors (Lipinski definition) is 1. The number of alkyl halides is 3. The van der Waals surface area contributed by atoms with Crippen LogP contribution in [0.3, 0.4) is 0 Å². The van der Waals surface area contributed by atoms with Gasteiger partial charge in [0, 0.05) is 26.1 Å². The number of nitrogens with one attached hydrogen (secondary N) is 1. The van der Waals surface area contributed by atoms with E-state index in [-0.39, 0.29) is 26.8 Å². The second kappa shape index (κ2) is 7.40. The molecule has 25 heavy (non-hydrogen) atoms. The van der Waals surface area contributed by atoms with Crippen LogP contribution in [0.2, 0.25) is 0 Å². The number of benzene rings is 1. The second-order valence-corrected chi connectivity index (χ2v) is 7.81. The summed E-state index contributed by atoms with van der Waals surface area (Å²) in [6.07, 6.45) is -4.38. The van der Waals surface area contributed by atoms with Crippen molar-refractivity contribution in [2.75, 3.05) is 38.2 Å². The van der Waals surface area contributed by atoms with Gasteiger partial charge in [0.15, 0.2) is 0 Å². The molecule has 1 fully saturated rings. The molecule has 10 heteroatoms. The largest absolute Gasteiger partial charge is 0.416 e. The fraction of sp³-hybridized carbons (Fsp3) is 0.467. The molecule has 0 saturated carbocycles. The highest BCUT2D eigenvalue weighted by molar-refractivity contribution is 7.36. The minimum atomic E-state index is -4.54. The number of nitrogens with zero attached hydrogens (tertiary/aromatic N) is 1. The number of halogens is 3. The molecule has 5 nitrogen and oxygen atoms in total. The Bertz CT molecular complexity index is 826. The van der Waals surface area contributed by atoms with E-state index >= 15 is 0 Å². The van der Waals surface area contributed by atoms with Gasteiger partial charge in [0.1, 0.15) is 0 Å². The first-order chi connectivity index (χ1) is 11.8. The van der Waals surface area contributed by atoms with E-state index in [2.05, 4.69) is 10.2 Å². The molecule has 1 aromatic heterocycles. The smallest absolute Gasteiger partial charge is 0.379 e. The Morgan fingerprint density at radius 2 is 1.96 bits per heavy atom. The van der Waals surface area contributed by atoms with Crippen LogP contribution in [-0.2, 0) is 15.7 Å². The maximum atomic E-state index is 13.0. The second-order valence-electron chi connectivity index (χ2n) is 5.56. The third-order valence-electron chi connectivity index (χ3n) is 3.79. The molecular weight excluding hydrogens is 377 g/mol. The van der Waals surface area contributed by atoms with Crippen LogP contribution in [0.1, 0.15) is 12.0 Å². The number of carbonyl (C=O) groups is 1. The lowest BCUT2D eigenvalue weighted by molar-refractivity contribution is -0.137. The quantitative estimate of drug-likeness (QED) is 0.869. The van der Waals surface area contributed by atoms with Gasteiger partial charge in [-0.3, -0.25) is 14.5 Å². The van der Waals surface area contributed by atoms with E-state index in [0.717, 1.165) is 47.9 Å². The van der Waals surface area contributed by atoms with Crippen LogP contribution in [0.4, 0.5) is 18.9 Å². The van der Waals surface area contributed by atoms with Crippen LogP contribution in [0.25, 0.3) is 9.40 Å². The predicted molar refractivity (Wildman–Crippen MR) is 91.5 cm³/mol. The van der Waals surface area contributed by atoms with Gasteiger partial charge >= 0.3 is 6.18 Å². The Morgan fingerprint density at radius 1 is 1.24 bits per heavy atom. The number of amides is 1. The van der Waals surface area contributed by atoms with E-state index in [4.69, 9.17) is 4.74 Å². The highest BCUT2D eigenvalue weighted by Gasteiger charge is 2.32. The molecule has 1 amide bonds. The molecule has 0 radical (unpaired) electrons. The van der Waals surface area contributed by atoms with E-state index in [1.807, 2.05) is 0 Å². The SMILES string of the molecule is O=C(CCN1CCOCC1)Nc1cc(C(F)(F)F)cc2sc(=O)sc12. The van der Waals surface area contributed by atoms with Gasteiger partial charge in [0.2, 0.25) is 5.91 Å². The summed E-state index contributed by atoms with van der Waals surface area (Å²) in [7, 11) is 0. The summed E-state index contributed by atoms with van der Waals surface area (Å²) >= 11 is 1.59. The van der Waals surface area contributed by atoms with Gasteiger partial charge in [0.25, 0.3) is 4.06 Å². The summed E-state index contributed by atoms with van der Waals surface area (Å²) in [5.41, 5.74) is -0.835. The average Bonchev–Trinajstić information content (AvgIpc) is 2.94. The van der Waals surface area contributed by atoms with Gasteiger partial charge < -0.3 is 10.1 Å². The van der Waals surface area contributed by atoms with E-state index in [1.165, 1.54) is 0 Å². The van der Waals surface area contributed by atoms with Crippen molar-refractivity contribution in [3.63, 3.8) is 0 Å². The van der Waals surface area contributed by atoms with Crippen molar-refractivity contribution >= 4 is 43.7 Å². The van der Waals surface area contributed by atoms with Crippen LogP contribution in [-0.4, -0.2) is 43.7 Å². The van der Waals surface area contributed by atoms with Crippen molar-refractivity contribution in [3.05, 3.63) is 26.5 Å². The third kappa shape index (κ3) is 4.57. The summed E-state index contributed by atoms with van der Waals surface area (Å²) in [6.45, 7) is 3.19. The molecule has 0 atom stereocenters. The van der Waals surface area contributed by atoms with Crippen molar-refractivity contribution < 1.29 is 22.7 Å². The molecule has 0 unspecified atom stereocenters. The Kier molecular flexibility index (Phi) is 5.42. The zero-order chi connectivity index (χ0) is 18.0. The first-order valence-corrected chi connectivity index (χ1v) is 9.21. The number of morpholine rings is 1. The molecule has 1 aliphatic heterocycles. The molecule has 3 rings (SSSR count). The number of anilines is 1. The minimum absolute atomic E-state index is 0.0418. The highest BCUT2D eigenvalue weighted by Crippen LogP contribution is 2.37. The Morgan fingerprint density at radius 3 is 2.64 bits per heavy atom. The van der Waals surface area contributed by atoms with E-state index in [9.17, 15) is 22.8 Å². The molecular formula is C15H15F3N2O3S2. The zero-order valence-corrected chi connectivity index (χ0v) is 14.7. The zero-order valence-electron chi connectivity index (χ0n) is 13.0. The van der Waals surface area contributed by atoms with Gasteiger partial charge in [-0.15, -0.1) is 0 Å². The molecule has 1 aromatic carbocycles. The van der Waals surface area contributed by atoms with Crippen LogP contribution in [0.5, 0.6) is 0 Å². The summed E-state index contributed by atoms with van der Waals surface area (Å²) in [5, 5.41) is 2.53. The predicted octanol–water partition coefficient (Wildman–Crippen LogP) is 3.00. The minimum Gasteiger partial charge on any atom is -0.379 e. The van der Waals surface area contributed by atoms with Crippen LogP contribution in [0, 0.1) is 0 Å². The summed E-state index contributed by atoms with van der Waals surface area (Å²) in [5.74, 6) is -0.377. The molecule has 1 N–H and O–H groups in total. The highest BCUT2D eigenvalue weighted by atomic mass is 32.2. The lowest BCUT2D eigenvalue weighted by atomic mass is 10.2. The van der Waals surface area contributed by atoms with E-state index in [0.29, 0.717) is 24.5 Å². The maximum absolute atomic E-state index is 13.0. The van der Waals surface area contributed by atoms with Crippen LogP contribution < -0.4 is 9.37 Å². The number of fused-ring (bicyclic) bond motifs is 1. The van der Waals surface area contributed by atoms with Gasteiger partial charge in [-0.25, -0.2) is 0 Å². The Hall–Kier alpha value is -1.49. The van der Waals surface area contributed by atoms with Crippen LogP contribution in [0.15, 0.2) is 16.9 Å². The molecule has 0 spiro atoms. The fourth-order valence-corrected chi connectivity index (χ4v) is 4.58. The van der Waals surface area contributed by atoms with Crippen molar-refractivity contribution in [3.8, 4) is 0 Å². The maximum Gasteiger partial charge on any atom is 0.416 e. The monoisotopic (exact) mass is 392 g/mol. The van der Waals surface area contributed by atoms with E-state index in [1.54, 1.807) is 0 Å². The van der Waals surface area contributed by atoms with Crippen molar-refractivity contribution in [1.82, 2.24) is 4.90 Å². The topological polar surface area (TPSA) is 58.6 Å². The Balaban J connectivity index is 1.77. The number of carbonyl (C=O) groups excluding carboxylic acids is 1. The van der Waals surface area contributed by atoms with Crippen molar-refractivity contribution in [2.45, 2.75) is 12.6 Å². The molecule has 1 aliphatic rings. The molecule has 0 bridgehead atoms. The third-order valence-corrected chi connectivity index (χ3v) is 5.94. The molecule has 2 heterocycles. The van der Waals surface area contributed by atoms with Gasteiger partial charge in [-0.05, 0) is 12.1 Å². The number of ether oxygens (including phenoxy) is 1. The van der Waals surface area contributed by atoms with Gasteiger partial charge in [-0.2, -0.15) is 13.2 Å². The molecule has 136 valence electrons. The summed E-state index contributed by atoms with van der Waals surface area (Å²) < 4.78 is 44.6. The first-order valence-electron chi connectivity index (χ1n) is 7.58.